The van der Waals surface area contributed by atoms with E-state index < -0.39 is 33.8 Å². The van der Waals surface area contributed by atoms with Gasteiger partial charge in [-0.15, -0.1) is 23.2 Å². The molecule has 1 aliphatic carbocycles. The van der Waals surface area contributed by atoms with Gasteiger partial charge in [-0.1, -0.05) is 47.5 Å². The van der Waals surface area contributed by atoms with Crippen molar-refractivity contribution in [3.63, 3.8) is 0 Å². The summed E-state index contributed by atoms with van der Waals surface area (Å²) in [6.07, 6.45) is 3.15. The van der Waals surface area contributed by atoms with Crippen LogP contribution in [0.3, 0.4) is 0 Å². The first-order valence-electron chi connectivity index (χ1n) is 9.85. The summed E-state index contributed by atoms with van der Waals surface area (Å²) in [4.78, 5) is 25.5. The van der Waals surface area contributed by atoms with Crippen molar-refractivity contribution in [2.24, 2.45) is 11.8 Å². The van der Waals surface area contributed by atoms with Gasteiger partial charge in [-0.25, -0.2) is 4.39 Å². The molecule has 0 heterocycles. The summed E-state index contributed by atoms with van der Waals surface area (Å²) < 4.78 is 11.7. The first-order chi connectivity index (χ1) is 15.9. The number of carbonyl (C=O) groups is 2. The number of rotatable bonds is 7. The minimum absolute atomic E-state index is 0.115. The quantitative estimate of drug-likeness (QED) is 0.266. The van der Waals surface area contributed by atoms with Crippen LogP contribution in [0.2, 0.25) is 5.02 Å². The number of hydrogen-bond acceptors (Lipinski definition) is 2. The van der Waals surface area contributed by atoms with Gasteiger partial charge in [-0.2, -0.15) is 0 Å². The lowest BCUT2D eigenvalue weighted by atomic mass is 10.1. The molecule has 0 unspecified atom stereocenters. The van der Waals surface area contributed by atoms with Gasteiger partial charge in [0.25, 0.3) is 5.91 Å². The van der Waals surface area contributed by atoms with Crippen LogP contribution >= 0.6 is 58.0 Å². The fourth-order valence-corrected chi connectivity index (χ4v) is 4.43. The summed E-state index contributed by atoms with van der Waals surface area (Å²) in [5.74, 6) is -2.73. The maximum Gasteiger partial charge on any atom is 0.257 e. The maximum absolute atomic E-state index is 13.1. The van der Waals surface area contributed by atoms with E-state index >= 15 is 0 Å². The molecule has 4 nitrogen and oxygen atoms in total. The molecule has 0 aromatic heterocycles. The predicted molar refractivity (Wildman–Crippen MR) is 139 cm³/mol. The number of nitrogens with one attached hydrogen (secondary N) is 2. The lowest BCUT2D eigenvalue weighted by Crippen LogP contribution is -2.18. The van der Waals surface area contributed by atoms with Crippen LogP contribution in [0.15, 0.2) is 76.8 Å². The minimum atomic E-state index is -1.35. The summed E-state index contributed by atoms with van der Waals surface area (Å²) in [5, 5.41) is 6.22. The molecule has 0 saturated heterocycles. The van der Waals surface area contributed by atoms with E-state index in [9.17, 15) is 14.0 Å². The topological polar surface area (TPSA) is 58.2 Å². The van der Waals surface area contributed by atoms with E-state index in [0.717, 1.165) is 0 Å². The molecule has 178 valence electrons. The zero-order valence-electron chi connectivity index (χ0n) is 17.6. The second-order valence-corrected chi connectivity index (χ2v) is 10.4. The molecule has 0 bridgehead atoms. The zero-order chi connectivity index (χ0) is 25.2. The molecule has 2 atom stereocenters. The van der Waals surface area contributed by atoms with Gasteiger partial charge >= 0.3 is 0 Å². The Kier molecular flexibility index (Phi) is 8.38. The average Bonchev–Trinajstić information content (AvgIpc) is 3.36. The van der Waals surface area contributed by atoms with Gasteiger partial charge in [0, 0.05) is 22.3 Å². The van der Waals surface area contributed by atoms with Crippen LogP contribution < -0.4 is 10.6 Å². The summed E-state index contributed by atoms with van der Waals surface area (Å²) in [7, 11) is 0. The van der Waals surface area contributed by atoms with Gasteiger partial charge in [-0.3, -0.25) is 9.59 Å². The second kappa shape index (κ2) is 10.7. The molecule has 1 saturated carbocycles. The second-order valence-electron chi connectivity index (χ2n) is 7.56. The monoisotopic (exact) mass is 560 g/mol. The molecule has 2 amide bonds. The van der Waals surface area contributed by atoms with Gasteiger partial charge in [-0.05, 0) is 61.0 Å². The van der Waals surface area contributed by atoms with Crippen molar-refractivity contribution in [2.45, 2.75) is 11.3 Å². The van der Waals surface area contributed by atoms with Crippen molar-refractivity contribution in [2.75, 3.05) is 10.6 Å². The van der Waals surface area contributed by atoms with Crippen LogP contribution in [0.4, 0.5) is 15.8 Å². The third kappa shape index (κ3) is 6.15. The van der Waals surface area contributed by atoms with E-state index in [-0.39, 0.29) is 10.6 Å². The van der Waals surface area contributed by atoms with E-state index in [2.05, 4.69) is 17.2 Å². The van der Waals surface area contributed by atoms with Crippen LogP contribution in [-0.4, -0.2) is 16.1 Å². The van der Waals surface area contributed by atoms with Crippen LogP contribution in [0, 0.1) is 17.7 Å². The van der Waals surface area contributed by atoms with Crippen LogP contribution in [0.1, 0.15) is 17.3 Å². The SMILES string of the molecule is C=C(/C=C\C(Cl)=C(/C)Cl)[C@@H]1[C@@H](C(=O)Nc2ccc(Cl)c(C(=O)Nc3ccc(F)cc3)c2)C1(Cl)Cl. The molecule has 2 aromatic carbocycles. The number of benzene rings is 2. The summed E-state index contributed by atoms with van der Waals surface area (Å²) in [5.41, 5.74) is 1.33. The molecule has 0 aliphatic heterocycles. The number of anilines is 2. The Morgan fingerprint density at radius 2 is 1.62 bits per heavy atom. The highest BCUT2D eigenvalue weighted by molar-refractivity contribution is 6.53. The van der Waals surface area contributed by atoms with Crippen LogP contribution in [-0.2, 0) is 4.79 Å². The Balaban J connectivity index is 1.71. The van der Waals surface area contributed by atoms with Crippen molar-refractivity contribution >= 4 is 81.2 Å². The molecule has 1 aliphatic rings. The Hall–Kier alpha value is -2.02. The lowest BCUT2D eigenvalue weighted by molar-refractivity contribution is -0.117. The van der Waals surface area contributed by atoms with Crippen molar-refractivity contribution < 1.29 is 14.0 Å². The van der Waals surface area contributed by atoms with Gasteiger partial charge in [0.2, 0.25) is 5.91 Å². The molecule has 2 N–H and O–H groups in total. The highest BCUT2D eigenvalue weighted by atomic mass is 35.5. The third-order valence-electron chi connectivity index (χ3n) is 5.09. The summed E-state index contributed by atoms with van der Waals surface area (Å²) in [6.45, 7) is 5.56. The molecular formula is C24H18Cl5FN2O2. The third-order valence-corrected chi connectivity index (χ3v) is 7.07. The zero-order valence-corrected chi connectivity index (χ0v) is 21.4. The molecule has 1 fully saturated rings. The number of alkyl halides is 2. The molecule has 3 rings (SSSR count). The molecule has 2 aromatic rings. The largest absolute Gasteiger partial charge is 0.326 e. The molecule has 34 heavy (non-hydrogen) atoms. The number of carbonyl (C=O) groups excluding carboxylic acids is 2. The first kappa shape index (κ1) is 26.6. The lowest BCUT2D eigenvalue weighted by Gasteiger charge is -2.10. The van der Waals surface area contributed by atoms with Crippen LogP contribution in [0.5, 0.6) is 0 Å². The Morgan fingerprint density at radius 1 is 1.00 bits per heavy atom. The number of allylic oxidation sites excluding steroid dienone is 5. The van der Waals surface area contributed by atoms with Gasteiger partial charge in [0.05, 0.1) is 21.5 Å². The highest BCUT2D eigenvalue weighted by Crippen LogP contribution is 2.62. The van der Waals surface area contributed by atoms with Gasteiger partial charge in [0.15, 0.2) is 0 Å². The maximum atomic E-state index is 13.1. The minimum Gasteiger partial charge on any atom is -0.326 e. The van der Waals surface area contributed by atoms with E-state index in [4.69, 9.17) is 58.0 Å². The standard InChI is InChI=1S/C24H18Cl5FN2O2/c1-12(3-9-18(26)13(2)25)20-21(24(20,28)29)23(34)32-16-8-10-19(27)17(11-16)22(33)31-15-6-4-14(30)5-7-15/h3-11,20-21H,1H2,2H3,(H,31,33)(H,32,34)/b9-3-,18-13-/t20-,21+/m1/s1. The molecular weight excluding hydrogens is 545 g/mol. The Bertz CT molecular complexity index is 1200. The van der Waals surface area contributed by atoms with Crippen molar-refractivity contribution in [3.8, 4) is 0 Å². The van der Waals surface area contributed by atoms with E-state index in [0.29, 0.717) is 27.0 Å². The van der Waals surface area contributed by atoms with E-state index in [1.165, 1.54) is 36.4 Å². The fourth-order valence-electron chi connectivity index (χ4n) is 3.24. The van der Waals surface area contributed by atoms with Crippen molar-refractivity contribution in [3.05, 3.63) is 93.2 Å². The van der Waals surface area contributed by atoms with Crippen molar-refractivity contribution in [1.29, 1.82) is 0 Å². The fraction of sp³-hybridized carbons (Fsp3) is 0.167. The Labute approximate surface area is 221 Å². The smallest absolute Gasteiger partial charge is 0.257 e. The number of halogens is 6. The van der Waals surface area contributed by atoms with E-state index in [1.54, 1.807) is 25.1 Å². The molecule has 10 heteroatoms. The highest BCUT2D eigenvalue weighted by Gasteiger charge is 2.67. The van der Waals surface area contributed by atoms with Gasteiger partial charge in [0.1, 0.15) is 10.2 Å². The van der Waals surface area contributed by atoms with Gasteiger partial charge < -0.3 is 10.6 Å². The van der Waals surface area contributed by atoms with E-state index in [1.807, 2.05) is 0 Å². The summed E-state index contributed by atoms with van der Waals surface area (Å²) >= 11 is 30.7. The summed E-state index contributed by atoms with van der Waals surface area (Å²) in [6, 6.07) is 9.70. The normalized spacial score (nSPS) is 19.4. The van der Waals surface area contributed by atoms with Crippen molar-refractivity contribution in [1.82, 2.24) is 0 Å². The number of hydrogen-bond donors (Lipinski definition) is 2. The Morgan fingerprint density at radius 3 is 2.24 bits per heavy atom. The van der Waals surface area contributed by atoms with Crippen LogP contribution in [0.25, 0.3) is 0 Å². The first-order valence-corrected chi connectivity index (χ1v) is 11.7. The molecule has 0 spiro atoms. The molecule has 0 radical (unpaired) electrons. The predicted octanol–water partition coefficient (Wildman–Crippen LogP) is 7.91. The number of amides is 2. The average molecular weight is 563 g/mol.